The molecule has 3 rings (SSSR count). The number of phenolic OH excluding ortho intramolecular Hbond substituents is 1. The fourth-order valence-corrected chi connectivity index (χ4v) is 5.22. The average Bonchev–Trinajstić information content (AvgIpc) is 3.07. The van der Waals surface area contributed by atoms with Gasteiger partial charge in [-0.3, -0.25) is 10.2 Å². The number of nitriles is 1. The lowest BCUT2D eigenvalue weighted by molar-refractivity contribution is 0.0963. The van der Waals surface area contributed by atoms with Crippen LogP contribution in [0, 0.1) is 28.6 Å². The van der Waals surface area contributed by atoms with Crippen molar-refractivity contribution in [2.24, 2.45) is 11.8 Å². The Bertz CT molecular complexity index is 1130. The van der Waals surface area contributed by atoms with Crippen molar-refractivity contribution in [3.8, 4) is 11.8 Å². The lowest BCUT2D eigenvalue weighted by atomic mass is 9.78. The summed E-state index contributed by atoms with van der Waals surface area (Å²) in [6.45, 7) is 15.3. The molecule has 2 unspecified atom stereocenters. The highest BCUT2D eigenvalue weighted by atomic mass is 79.9. The molecule has 6 heteroatoms. The predicted molar refractivity (Wildman–Crippen MR) is 156 cm³/mol. The number of amidine groups is 1. The highest BCUT2D eigenvalue weighted by molar-refractivity contribution is 8.93. The molecule has 0 saturated carbocycles. The Morgan fingerprint density at radius 2 is 1.62 bits per heavy atom. The van der Waals surface area contributed by atoms with E-state index in [9.17, 15) is 9.90 Å². The van der Waals surface area contributed by atoms with Crippen LogP contribution in [0.5, 0.6) is 5.75 Å². The number of carbonyl (C=O) groups is 1. The Labute approximate surface area is 233 Å². The Kier molecular flexibility index (Phi) is 9.76. The van der Waals surface area contributed by atoms with Gasteiger partial charge in [0.15, 0.2) is 5.78 Å². The summed E-state index contributed by atoms with van der Waals surface area (Å²) in [5.41, 5.74) is 3.28. The molecule has 1 aliphatic rings. The van der Waals surface area contributed by atoms with Gasteiger partial charge >= 0.3 is 0 Å². The molecule has 0 spiro atoms. The van der Waals surface area contributed by atoms with Crippen molar-refractivity contribution >= 4 is 28.6 Å². The summed E-state index contributed by atoms with van der Waals surface area (Å²) < 4.78 is 0. The zero-order valence-corrected chi connectivity index (χ0v) is 25.0. The summed E-state index contributed by atoms with van der Waals surface area (Å²) in [6, 6.07) is 13.4. The first-order chi connectivity index (χ1) is 16.8. The summed E-state index contributed by atoms with van der Waals surface area (Å²) in [7, 11) is 0. The molecule has 200 valence electrons. The molecule has 1 saturated heterocycles. The molecule has 1 heterocycles. The average molecular weight is 569 g/mol. The maximum atomic E-state index is 13.6. The monoisotopic (exact) mass is 567 g/mol. The molecule has 0 radical (unpaired) electrons. The number of Topliss-reactive ketones (excluding diaryl/α,β-unsaturated/α-hetero) is 1. The molecule has 1 fully saturated rings. The van der Waals surface area contributed by atoms with Crippen LogP contribution in [0.1, 0.15) is 93.9 Å². The molecule has 0 amide bonds. The van der Waals surface area contributed by atoms with Crippen LogP contribution >= 0.6 is 17.0 Å². The number of carbonyl (C=O) groups excluding carboxylic acids is 1. The number of likely N-dealkylation sites (tertiary alicyclic amines) is 1. The van der Waals surface area contributed by atoms with Crippen molar-refractivity contribution in [2.45, 2.75) is 78.6 Å². The first-order valence-electron chi connectivity index (χ1n) is 13.0. The summed E-state index contributed by atoms with van der Waals surface area (Å²) in [5, 5.41) is 29.1. The molecule has 2 aromatic carbocycles. The minimum atomic E-state index is -0.306. The van der Waals surface area contributed by atoms with Gasteiger partial charge < -0.3 is 10.0 Å². The molecule has 2 aromatic rings. The molecule has 37 heavy (non-hydrogen) atoms. The maximum absolute atomic E-state index is 13.6. The van der Waals surface area contributed by atoms with Crippen LogP contribution < -0.4 is 0 Å². The van der Waals surface area contributed by atoms with Crippen LogP contribution in [0.2, 0.25) is 0 Å². The van der Waals surface area contributed by atoms with E-state index in [4.69, 9.17) is 10.7 Å². The number of ketones is 1. The number of hydrogen-bond donors (Lipinski definition) is 2. The highest BCUT2D eigenvalue weighted by Crippen LogP contribution is 2.40. The Morgan fingerprint density at radius 3 is 2.08 bits per heavy atom. The molecular weight excluding hydrogens is 526 g/mol. The van der Waals surface area contributed by atoms with Crippen molar-refractivity contribution in [3.63, 3.8) is 0 Å². The number of phenols is 1. The minimum Gasteiger partial charge on any atom is -0.507 e. The van der Waals surface area contributed by atoms with E-state index in [2.05, 4.69) is 13.0 Å². The number of halogens is 1. The highest BCUT2D eigenvalue weighted by Gasteiger charge is 2.38. The number of rotatable bonds is 7. The van der Waals surface area contributed by atoms with Gasteiger partial charge in [0, 0.05) is 29.2 Å². The zero-order valence-electron chi connectivity index (χ0n) is 23.3. The van der Waals surface area contributed by atoms with Gasteiger partial charge in [0.05, 0.1) is 18.2 Å². The number of hydrogen-bond acceptors (Lipinski definition) is 4. The van der Waals surface area contributed by atoms with Gasteiger partial charge in [-0.15, -0.1) is 17.0 Å². The number of benzene rings is 2. The standard InChI is InChI=1S/C31H41N3O2.BrH/c1-8-9-22-18-34(29(33)24(22)14-20-10-12-21(17-32)13-11-20)19-27(35)23-15-25(30(2,3)4)28(36)26(16-23)31(5,6)7;/h10-13,15-16,22,24,33,36H,8-9,14,18-19H2,1-7H3;1H. The summed E-state index contributed by atoms with van der Waals surface area (Å²) in [6.07, 6.45) is 2.78. The first-order valence-corrected chi connectivity index (χ1v) is 13.0. The van der Waals surface area contributed by atoms with E-state index in [0.717, 1.165) is 36.0 Å². The number of nitrogens with zero attached hydrogens (tertiary/aromatic N) is 2. The molecule has 5 nitrogen and oxygen atoms in total. The van der Waals surface area contributed by atoms with Crippen molar-refractivity contribution < 1.29 is 9.90 Å². The molecular formula is C31H42BrN3O2. The van der Waals surface area contributed by atoms with Crippen molar-refractivity contribution in [3.05, 3.63) is 64.2 Å². The SMILES string of the molecule is Br.CCCC1CN(CC(=O)c2cc(C(C)(C)C)c(O)c(C(C)(C)C)c2)C(=N)C1Cc1ccc(C#N)cc1. The quantitative estimate of drug-likeness (QED) is 0.346. The van der Waals surface area contributed by atoms with Crippen LogP contribution in [0.25, 0.3) is 0 Å². The smallest absolute Gasteiger partial charge is 0.182 e. The van der Waals surface area contributed by atoms with E-state index in [0.29, 0.717) is 29.4 Å². The van der Waals surface area contributed by atoms with Gasteiger partial charge in [0.1, 0.15) is 11.6 Å². The van der Waals surface area contributed by atoms with E-state index >= 15 is 0 Å². The van der Waals surface area contributed by atoms with E-state index in [1.807, 2.05) is 82.8 Å². The molecule has 0 aromatic heterocycles. The van der Waals surface area contributed by atoms with E-state index in [1.54, 1.807) is 0 Å². The van der Waals surface area contributed by atoms with Gasteiger partial charge in [0.2, 0.25) is 0 Å². The van der Waals surface area contributed by atoms with Gasteiger partial charge in [-0.1, -0.05) is 67.0 Å². The van der Waals surface area contributed by atoms with Crippen molar-refractivity contribution in [1.29, 1.82) is 10.7 Å². The second kappa shape index (κ2) is 11.8. The predicted octanol–water partition coefficient (Wildman–Crippen LogP) is 7.19. The van der Waals surface area contributed by atoms with Crippen LogP contribution in [0.4, 0.5) is 0 Å². The molecule has 2 atom stereocenters. The largest absolute Gasteiger partial charge is 0.507 e. The third-order valence-electron chi connectivity index (χ3n) is 7.30. The lowest BCUT2D eigenvalue weighted by Crippen LogP contribution is -2.33. The van der Waals surface area contributed by atoms with E-state index in [1.165, 1.54) is 0 Å². The third kappa shape index (κ3) is 7.02. The van der Waals surface area contributed by atoms with Gasteiger partial charge in [-0.25, -0.2) is 0 Å². The van der Waals surface area contributed by atoms with E-state index < -0.39 is 0 Å². The first kappa shape index (κ1) is 30.6. The Balaban J connectivity index is 0.00000481. The van der Waals surface area contributed by atoms with Crippen LogP contribution in [-0.4, -0.2) is 34.7 Å². The number of nitrogens with one attached hydrogen (secondary N) is 1. The van der Waals surface area contributed by atoms with Crippen molar-refractivity contribution in [2.75, 3.05) is 13.1 Å². The Morgan fingerprint density at radius 1 is 1.08 bits per heavy atom. The third-order valence-corrected chi connectivity index (χ3v) is 7.30. The molecule has 0 aliphatic carbocycles. The van der Waals surface area contributed by atoms with Crippen LogP contribution in [0.3, 0.4) is 0 Å². The van der Waals surface area contributed by atoms with Gasteiger partial charge in [-0.2, -0.15) is 5.26 Å². The van der Waals surface area contributed by atoms with Crippen LogP contribution in [0.15, 0.2) is 36.4 Å². The second-order valence-corrected chi connectivity index (χ2v) is 12.3. The maximum Gasteiger partial charge on any atom is 0.182 e. The summed E-state index contributed by atoms with van der Waals surface area (Å²) in [5.74, 6) is 1.15. The van der Waals surface area contributed by atoms with Crippen LogP contribution in [-0.2, 0) is 17.3 Å². The van der Waals surface area contributed by atoms with Crippen molar-refractivity contribution in [1.82, 2.24) is 4.90 Å². The van der Waals surface area contributed by atoms with Gasteiger partial charge in [0.25, 0.3) is 0 Å². The van der Waals surface area contributed by atoms with E-state index in [-0.39, 0.29) is 51.8 Å². The minimum absolute atomic E-state index is 0. The summed E-state index contributed by atoms with van der Waals surface area (Å²) in [4.78, 5) is 15.5. The molecule has 1 aliphatic heterocycles. The summed E-state index contributed by atoms with van der Waals surface area (Å²) >= 11 is 0. The molecule has 2 N–H and O–H groups in total. The fourth-order valence-electron chi connectivity index (χ4n) is 5.22. The Hall–Kier alpha value is -2.65. The topological polar surface area (TPSA) is 88.2 Å². The fraction of sp³-hybridized carbons (Fsp3) is 0.516. The number of aromatic hydroxyl groups is 1. The lowest BCUT2D eigenvalue weighted by Gasteiger charge is -2.28. The normalized spacial score (nSPS) is 17.9. The second-order valence-electron chi connectivity index (χ2n) is 12.3. The molecule has 0 bridgehead atoms. The van der Waals surface area contributed by atoms with Gasteiger partial charge in [-0.05, 0) is 59.4 Å². The zero-order chi connectivity index (χ0) is 26.8.